The van der Waals surface area contributed by atoms with E-state index in [2.05, 4.69) is 23.5 Å². The molecule has 0 radical (unpaired) electrons. The van der Waals surface area contributed by atoms with Crippen molar-refractivity contribution in [1.82, 2.24) is 10.2 Å². The van der Waals surface area contributed by atoms with Gasteiger partial charge in [-0.15, -0.1) is 0 Å². The number of anilines is 1. The van der Waals surface area contributed by atoms with Crippen LogP contribution in [0.15, 0.2) is 71.4 Å². The molecule has 12 heteroatoms. The molecule has 0 saturated heterocycles. The van der Waals surface area contributed by atoms with Crippen LogP contribution in [-0.2, 0) is 0 Å². The van der Waals surface area contributed by atoms with Crippen LogP contribution < -0.4 is 33.4 Å². The number of nitrogen functional groups attached to an aromatic ring is 1. The second-order valence-corrected chi connectivity index (χ2v) is 8.89. The van der Waals surface area contributed by atoms with Crippen molar-refractivity contribution in [1.29, 1.82) is 5.41 Å². The predicted octanol–water partition coefficient (Wildman–Crippen LogP) is -1.00. The van der Waals surface area contributed by atoms with Gasteiger partial charge in [0.25, 0.3) is 5.91 Å². The van der Waals surface area contributed by atoms with Gasteiger partial charge in [-0.05, 0) is 18.4 Å². The maximum absolute atomic E-state index is 13.6. The molecule has 0 spiro atoms. The first-order valence-electron chi connectivity index (χ1n) is 9.88. The Balaban J connectivity index is 3.45. The summed E-state index contributed by atoms with van der Waals surface area (Å²) in [5.74, 6) is -0.406. The third kappa shape index (κ3) is 6.75. The van der Waals surface area contributed by atoms with Crippen LogP contribution in [0, 0.1) is 5.41 Å². The van der Waals surface area contributed by atoms with Gasteiger partial charge in [0.05, 0.1) is 30.0 Å². The quantitative estimate of drug-likeness (QED) is 0.0891. The van der Waals surface area contributed by atoms with Gasteiger partial charge >= 0.3 is 0 Å². The number of carbonyl (C=O) groups excluding carboxylic acids is 1. The minimum atomic E-state index is -0.774. The van der Waals surface area contributed by atoms with Gasteiger partial charge in [-0.2, -0.15) is 0 Å². The highest BCUT2D eigenvalue weighted by Gasteiger charge is 2.32. The number of nitrogens with zero attached hydrogens (tertiary/aromatic N) is 2. The van der Waals surface area contributed by atoms with E-state index in [1.165, 1.54) is 16.5 Å². The Bertz CT molecular complexity index is 972. The smallest absolute Gasteiger partial charge is 0.260 e. The van der Waals surface area contributed by atoms with Crippen LogP contribution in [0.4, 0.5) is 5.69 Å². The molecule has 2 atom stereocenters. The van der Waals surface area contributed by atoms with E-state index < -0.39 is 24.6 Å². The Hall–Kier alpha value is -3.48. The van der Waals surface area contributed by atoms with Crippen LogP contribution >= 0.6 is 11.8 Å². The standard InChI is InChI=1S/C21H32N8O2SSi/c1-4-27-20(32-5-2)18(25)19(26)28-15(11-30)12(3)29(13(9-22)10-23)21(31)17-14(24)7-6-8-16(17)33/h4-10,12,15,22,28,30H,1-2,11,23-26H2,3,33H3/b13-10+,19-18-,22-9?,27-20+. The number of hydrogen-bond acceptors (Lipinski definition) is 10. The SMILES string of the molecule is C=C/N=C(SC=C)\C(N)=C(/N)NC(CO)C(C)N(C(=O)c1c(N)cccc1[SiH3])/C(C=N)=C/N. The first-order valence-corrected chi connectivity index (χ1v) is 11.8. The molecule has 0 fully saturated rings. The van der Waals surface area contributed by atoms with Crippen LogP contribution in [0.3, 0.4) is 0 Å². The number of aliphatic hydroxyl groups is 1. The molecule has 0 heterocycles. The van der Waals surface area contributed by atoms with Crippen LogP contribution in [0.25, 0.3) is 0 Å². The number of aliphatic imine (C=N–C) groups is 1. The van der Waals surface area contributed by atoms with E-state index in [1.54, 1.807) is 19.1 Å². The topological polar surface area (TPSA) is 193 Å². The highest BCUT2D eigenvalue weighted by molar-refractivity contribution is 8.16. The van der Waals surface area contributed by atoms with Crippen LogP contribution in [0.5, 0.6) is 0 Å². The monoisotopic (exact) mass is 488 g/mol. The lowest BCUT2D eigenvalue weighted by Crippen LogP contribution is -2.54. The van der Waals surface area contributed by atoms with Gasteiger partial charge in [-0.25, -0.2) is 4.99 Å². The summed E-state index contributed by atoms with van der Waals surface area (Å²) in [6, 6.07) is 3.74. The van der Waals surface area contributed by atoms with Crippen molar-refractivity contribution in [2.24, 2.45) is 22.2 Å². The number of thioether (sulfide) groups is 1. The van der Waals surface area contributed by atoms with Crippen LogP contribution in [0.2, 0.25) is 0 Å². The molecular weight excluding hydrogens is 456 g/mol. The third-order valence-corrected chi connectivity index (χ3v) is 6.33. The Morgan fingerprint density at radius 3 is 2.58 bits per heavy atom. The molecule has 0 aliphatic carbocycles. The number of benzene rings is 1. The molecule has 1 rings (SSSR count). The first-order chi connectivity index (χ1) is 15.7. The summed E-state index contributed by atoms with van der Waals surface area (Å²) in [5.41, 5.74) is 25.0. The lowest BCUT2D eigenvalue weighted by Gasteiger charge is -2.35. The molecule has 1 aromatic carbocycles. The summed E-state index contributed by atoms with van der Waals surface area (Å²) in [7, 11) is 0.578. The number of aliphatic hydroxyl groups excluding tert-OH is 1. The number of carbonyl (C=O) groups is 1. The first kappa shape index (κ1) is 27.6. The number of hydrogen-bond donors (Lipinski definition) is 7. The molecule has 178 valence electrons. The van der Waals surface area contributed by atoms with Gasteiger partial charge in [0.15, 0.2) is 0 Å². The van der Waals surface area contributed by atoms with E-state index in [4.69, 9.17) is 28.3 Å². The van der Waals surface area contributed by atoms with Gasteiger partial charge < -0.3 is 43.7 Å². The summed E-state index contributed by atoms with van der Waals surface area (Å²) in [6.07, 6.45) is 3.42. The summed E-state index contributed by atoms with van der Waals surface area (Å²) in [4.78, 5) is 18.9. The van der Waals surface area contributed by atoms with Crippen molar-refractivity contribution < 1.29 is 9.90 Å². The van der Waals surface area contributed by atoms with Gasteiger partial charge in [0.1, 0.15) is 16.6 Å². The number of amides is 1. The van der Waals surface area contributed by atoms with Crippen molar-refractivity contribution in [2.45, 2.75) is 19.0 Å². The molecule has 0 aliphatic heterocycles. The minimum Gasteiger partial charge on any atom is -0.403 e. The van der Waals surface area contributed by atoms with Crippen molar-refractivity contribution in [3.8, 4) is 0 Å². The molecule has 1 amide bonds. The molecule has 2 unspecified atom stereocenters. The van der Waals surface area contributed by atoms with Gasteiger partial charge in [0, 0.05) is 34.5 Å². The second kappa shape index (κ2) is 13.2. The van der Waals surface area contributed by atoms with Crippen molar-refractivity contribution >= 4 is 50.0 Å². The molecule has 0 saturated carbocycles. The van der Waals surface area contributed by atoms with E-state index in [9.17, 15) is 9.90 Å². The fraction of sp³-hybridized carbons (Fsp3) is 0.190. The molecule has 0 aromatic heterocycles. The van der Waals surface area contributed by atoms with E-state index in [1.807, 2.05) is 6.07 Å². The lowest BCUT2D eigenvalue weighted by molar-refractivity contribution is 0.0716. The summed E-state index contributed by atoms with van der Waals surface area (Å²) >= 11 is 1.15. The van der Waals surface area contributed by atoms with Crippen LogP contribution in [0.1, 0.15) is 17.3 Å². The predicted molar refractivity (Wildman–Crippen MR) is 142 cm³/mol. The Kier molecular flexibility index (Phi) is 11.0. The number of nitrogens with two attached hydrogens (primary N) is 4. The molecule has 11 N–H and O–H groups in total. The number of allylic oxidation sites excluding steroid dienone is 1. The van der Waals surface area contributed by atoms with Gasteiger partial charge in [-0.3, -0.25) is 4.79 Å². The average molecular weight is 489 g/mol. The number of rotatable bonds is 11. The number of nitrogens with one attached hydrogen (secondary N) is 2. The van der Waals surface area contributed by atoms with Crippen LogP contribution in [-0.4, -0.2) is 56.1 Å². The van der Waals surface area contributed by atoms with E-state index in [-0.39, 0.29) is 17.2 Å². The zero-order chi connectivity index (χ0) is 25.1. The third-order valence-electron chi connectivity index (χ3n) is 4.79. The molecule has 1 aromatic rings. The fourth-order valence-electron chi connectivity index (χ4n) is 3.06. The summed E-state index contributed by atoms with van der Waals surface area (Å²) < 4.78 is 0. The largest absolute Gasteiger partial charge is 0.403 e. The molecule has 0 aliphatic rings. The normalized spacial score (nSPS) is 14.6. The minimum absolute atomic E-state index is 0.0409. The molecule has 0 bridgehead atoms. The molecule has 10 nitrogen and oxygen atoms in total. The average Bonchev–Trinajstić information content (AvgIpc) is 2.79. The zero-order valence-electron chi connectivity index (χ0n) is 18.8. The van der Waals surface area contributed by atoms with Gasteiger partial charge in [-0.1, -0.05) is 42.2 Å². The Morgan fingerprint density at radius 1 is 1.42 bits per heavy atom. The van der Waals surface area contributed by atoms with E-state index in [0.717, 1.165) is 29.4 Å². The lowest BCUT2D eigenvalue weighted by atomic mass is 10.0. The van der Waals surface area contributed by atoms with E-state index in [0.29, 0.717) is 26.5 Å². The highest BCUT2D eigenvalue weighted by atomic mass is 32.2. The van der Waals surface area contributed by atoms with Crippen molar-refractivity contribution in [3.63, 3.8) is 0 Å². The van der Waals surface area contributed by atoms with Gasteiger partial charge in [0.2, 0.25) is 0 Å². The Morgan fingerprint density at radius 2 is 2.09 bits per heavy atom. The summed E-state index contributed by atoms with van der Waals surface area (Å²) in [5, 5.41) is 23.5. The highest BCUT2D eigenvalue weighted by Crippen LogP contribution is 2.20. The second-order valence-electron chi connectivity index (χ2n) is 6.85. The maximum Gasteiger partial charge on any atom is 0.260 e. The maximum atomic E-state index is 13.6. The molecule has 33 heavy (non-hydrogen) atoms. The Labute approximate surface area is 201 Å². The van der Waals surface area contributed by atoms with Crippen molar-refractivity contribution in [3.05, 3.63) is 71.9 Å². The molecular formula is C21H32N8O2SSi. The van der Waals surface area contributed by atoms with Crippen molar-refractivity contribution in [2.75, 3.05) is 12.3 Å². The fourth-order valence-corrected chi connectivity index (χ4v) is 4.28. The summed E-state index contributed by atoms with van der Waals surface area (Å²) in [6.45, 7) is 8.46. The van der Waals surface area contributed by atoms with E-state index >= 15 is 0 Å². The zero-order valence-corrected chi connectivity index (χ0v) is 21.6.